The van der Waals surface area contributed by atoms with E-state index in [1.165, 1.54) is 0 Å². The fourth-order valence-electron chi connectivity index (χ4n) is 1.88. The minimum atomic E-state index is 0.369. The van der Waals surface area contributed by atoms with Gasteiger partial charge >= 0.3 is 0 Å². The third-order valence-electron chi connectivity index (χ3n) is 2.83. The number of hydrogen-bond acceptors (Lipinski definition) is 3. The second-order valence-electron chi connectivity index (χ2n) is 4.13. The molecule has 0 saturated carbocycles. The van der Waals surface area contributed by atoms with Gasteiger partial charge in [-0.15, -0.1) is 10.2 Å². The minimum absolute atomic E-state index is 0.369. The average Bonchev–Trinajstić information content (AvgIpc) is 2.45. The van der Waals surface area contributed by atoms with E-state index in [0.29, 0.717) is 26.7 Å². The molecular weight excluding hydrogens is 317 g/mol. The number of halogens is 3. The smallest absolute Gasteiger partial charge is 0.161 e. The first-order valence-corrected chi connectivity index (χ1v) is 6.91. The molecule has 0 bridgehead atoms. The van der Waals surface area contributed by atoms with Crippen LogP contribution in [0.25, 0.3) is 10.8 Å². The summed E-state index contributed by atoms with van der Waals surface area (Å²) in [6.07, 6.45) is 0. The Kier molecular flexibility index (Phi) is 3.66. The molecule has 0 aliphatic heterocycles. The van der Waals surface area contributed by atoms with Crippen molar-refractivity contribution < 1.29 is 0 Å². The molecule has 0 amide bonds. The molecule has 0 spiro atoms. The summed E-state index contributed by atoms with van der Waals surface area (Å²) in [6, 6.07) is 12.8. The van der Waals surface area contributed by atoms with Gasteiger partial charge in [0.25, 0.3) is 0 Å². The third kappa shape index (κ3) is 2.52. The van der Waals surface area contributed by atoms with Crippen molar-refractivity contribution in [2.45, 2.75) is 0 Å². The number of nitrogens with zero attached hydrogens (tertiary/aromatic N) is 2. The first-order chi connectivity index (χ1) is 9.65. The maximum atomic E-state index is 6.14. The van der Waals surface area contributed by atoms with Gasteiger partial charge in [0.1, 0.15) is 0 Å². The van der Waals surface area contributed by atoms with Crippen molar-refractivity contribution in [1.82, 2.24) is 10.2 Å². The van der Waals surface area contributed by atoms with Crippen LogP contribution in [0.2, 0.25) is 15.2 Å². The van der Waals surface area contributed by atoms with E-state index in [1.807, 2.05) is 24.3 Å². The first kappa shape index (κ1) is 13.4. The van der Waals surface area contributed by atoms with E-state index in [0.717, 1.165) is 10.8 Å². The summed E-state index contributed by atoms with van der Waals surface area (Å²) in [4.78, 5) is 0. The quantitative estimate of drug-likeness (QED) is 0.692. The van der Waals surface area contributed by atoms with Gasteiger partial charge < -0.3 is 5.32 Å². The zero-order valence-corrected chi connectivity index (χ0v) is 12.3. The van der Waals surface area contributed by atoms with Crippen LogP contribution in [0.15, 0.2) is 42.5 Å². The van der Waals surface area contributed by atoms with Gasteiger partial charge in [0.2, 0.25) is 0 Å². The standard InChI is InChI=1S/C14H8Cl3N3/c15-8-5-6-12(11(16)7-8)18-14-10-4-2-1-3-9(10)13(17)19-20-14/h1-7H,(H,18,20). The Hall–Kier alpha value is -1.55. The van der Waals surface area contributed by atoms with Gasteiger partial charge in [0, 0.05) is 15.8 Å². The van der Waals surface area contributed by atoms with Crippen molar-refractivity contribution in [2.75, 3.05) is 5.32 Å². The molecule has 0 aliphatic rings. The second kappa shape index (κ2) is 5.44. The molecule has 0 radical (unpaired) electrons. The van der Waals surface area contributed by atoms with Gasteiger partial charge in [-0.05, 0) is 18.2 Å². The summed E-state index contributed by atoms with van der Waals surface area (Å²) in [5, 5.41) is 14.3. The van der Waals surface area contributed by atoms with Crippen molar-refractivity contribution >= 4 is 57.1 Å². The lowest BCUT2D eigenvalue weighted by molar-refractivity contribution is 1.05. The summed E-state index contributed by atoms with van der Waals surface area (Å²) in [5.41, 5.74) is 0.706. The third-order valence-corrected chi connectivity index (χ3v) is 3.65. The minimum Gasteiger partial charge on any atom is -0.337 e. The summed E-state index contributed by atoms with van der Waals surface area (Å²) >= 11 is 18.1. The first-order valence-electron chi connectivity index (χ1n) is 5.78. The Labute approximate surface area is 130 Å². The lowest BCUT2D eigenvalue weighted by atomic mass is 10.2. The van der Waals surface area contributed by atoms with Crippen molar-refractivity contribution in [3.05, 3.63) is 57.7 Å². The number of fused-ring (bicyclic) bond motifs is 1. The zero-order chi connectivity index (χ0) is 14.1. The maximum absolute atomic E-state index is 6.14. The molecule has 6 heteroatoms. The van der Waals surface area contributed by atoms with Crippen LogP contribution >= 0.6 is 34.8 Å². The van der Waals surface area contributed by atoms with E-state index >= 15 is 0 Å². The highest BCUT2D eigenvalue weighted by molar-refractivity contribution is 6.36. The summed E-state index contributed by atoms with van der Waals surface area (Å²) in [7, 11) is 0. The molecule has 3 aromatic rings. The van der Waals surface area contributed by atoms with Crippen molar-refractivity contribution in [2.24, 2.45) is 0 Å². The lowest BCUT2D eigenvalue weighted by Gasteiger charge is -2.10. The number of nitrogens with one attached hydrogen (secondary N) is 1. The Morgan fingerprint density at radius 1 is 0.850 bits per heavy atom. The van der Waals surface area contributed by atoms with Crippen LogP contribution in [0.4, 0.5) is 11.5 Å². The van der Waals surface area contributed by atoms with E-state index in [1.54, 1.807) is 18.2 Å². The number of aromatic nitrogens is 2. The molecule has 20 heavy (non-hydrogen) atoms. The summed E-state index contributed by atoms with van der Waals surface area (Å²) in [5.74, 6) is 0.592. The predicted molar refractivity (Wildman–Crippen MR) is 84.3 cm³/mol. The summed E-state index contributed by atoms with van der Waals surface area (Å²) in [6.45, 7) is 0. The number of benzene rings is 2. The highest BCUT2D eigenvalue weighted by Gasteiger charge is 2.09. The van der Waals surface area contributed by atoms with Crippen molar-refractivity contribution in [3.8, 4) is 0 Å². The Morgan fingerprint density at radius 2 is 1.60 bits per heavy atom. The monoisotopic (exact) mass is 323 g/mol. The van der Waals surface area contributed by atoms with E-state index in [-0.39, 0.29) is 0 Å². The fraction of sp³-hybridized carbons (Fsp3) is 0. The topological polar surface area (TPSA) is 37.8 Å². The molecule has 100 valence electrons. The van der Waals surface area contributed by atoms with Crippen molar-refractivity contribution in [1.29, 1.82) is 0 Å². The molecule has 0 atom stereocenters. The number of anilines is 2. The molecule has 2 aromatic carbocycles. The molecule has 1 N–H and O–H groups in total. The fourth-order valence-corrected chi connectivity index (χ4v) is 2.54. The lowest BCUT2D eigenvalue weighted by Crippen LogP contribution is -1.98. The highest BCUT2D eigenvalue weighted by Crippen LogP contribution is 2.31. The van der Waals surface area contributed by atoms with E-state index in [2.05, 4.69) is 15.5 Å². The van der Waals surface area contributed by atoms with Gasteiger partial charge in [-0.3, -0.25) is 0 Å². The molecule has 0 aliphatic carbocycles. The Balaban J connectivity index is 2.09. The summed E-state index contributed by atoms with van der Waals surface area (Å²) < 4.78 is 0. The van der Waals surface area contributed by atoms with E-state index < -0.39 is 0 Å². The normalized spacial score (nSPS) is 10.8. The SMILES string of the molecule is Clc1ccc(Nc2nnc(Cl)c3ccccc23)c(Cl)c1. The highest BCUT2D eigenvalue weighted by atomic mass is 35.5. The molecule has 0 unspecified atom stereocenters. The van der Waals surface area contributed by atoms with Crippen LogP contribution in [-0.4, -0.2) is 10.2 Å². The van der Waals surface area contributed by atoms with Gasteiger partial charge in [-0.25, -0.2) is 0 Å². The number of rotatable bonds is 2. The Bertz CT molecular complexity index is 790. The number of hydrogen-bond donors (Lipinski definition) is 1. The van der Waals surface area contributed by atoms with Crippen LogP contribution in [0.5, 0.6) is 0 Å². The van der Waals surface area contributed by atoms with E-state index in [9.17, 15) is 0 Å². The molecule has 0 saturated heterocycles. The molecular formula is C14H8Cl3N3. The molecule has 3 rings (SSSR count). The van der Waals surface area contributed by atoms with Crippen LogP contribution < -0.4 is 5.32 Å². The molecule has 1 aromatic heterocycles. The van der Waals surface area contributed by atoms with E-state index in [4.69, 9.17) is 34.8 Å². The molecule has 0 fully saturated rings. The molecule has 3 nitrogen and oxygen atoms in total. The van der Waals surface area contributed by atoms with Crippen LogP contribution in [0, 0.1) is 0 Å². The zero-order valence-electron chi connectivity index (χ0n) is 10.1. The maximum Gasteiger partial charge on any atom is 0.161 e. The van der Waals surface area contributed by atoms with Gasteiger partial charge in [-0.1, -0.05) is 59.1 Å². The van der Waals surface area contributed by atoms with Crippen LogP contribution in [0.3, 0.4) is 0 Å². The predicted octanol–water partition coefficient (Wildman–Crippen LogP) is 5.33. The van der Waals surface area contributed by atoms with Crippen LogP contribution in [-0.2, 0) is 0 Å². The Morgan fingerprint density at radius 3 is 2.35 bits per heavy atom. The second-order valence-corrected chi connectivity index (χ2v) is 5.34. The van der Waals surface area contributed by atoms with Crippen molar-refractivity contribution in [3.63, 3.8) is 0 Å². The average molecular weight is 325 g/mol. The largest absolute Gasteiger partial charge is 0.337 e. The van der Waals surface area contributed by atoms with Gasteiger partial charge in [-0.2, -0.15) is 0 Å². The van der Waals surface area contributed by atoms with Gasteiger partial charge in [0.05, 0.1) is 10.7 Å². The van der Waals surface area contributed by atoms with Crippen LogP contribution in [0.1, 0.15) is 0 Å². The van der Waals surface area contributed by atoms with Gasteiger partial charge in [0.15, 0.2) is 11.0 Å². The molecule has 1 heterocycles.